The number of likely N-dealkylation sites (tertiary alicyclic amines) is 1. The Labute approximate surface area is 227 Å². The summed E-state index contributed by atoms with van der Waals surface area (Å²) in [6.07, 6.45) is 1.57. The maximum atomic E-state index is 13.3. The van der Waals surface area contributed by atoms with Gasteiger partial charge in [-0.25, -0.2) is 9.69 Å². The minimum absolute atomic E-state index is 0.108. The van der Waals surface area contributed by atoms with Crippen molar-refractivity contribution in [2.24, 2.45) is 0 Å². The summed E-state index contributed by atoms with van der Waals surface area (Å²) in [6, 6.07) is 13.0. The second kappa shape index (κ2) is 11.4. The molecule has 0 aromatic heterocycles. The van der Waals surface area contributed by atoms with Crippen LogP contribution < -0.4 is 15.1 Å². The molecule has 1 saturated heterocycles. The number of nitrogens with one attached hydrogen (secondary N) is 2. The van der Waals surface area contributed by atoms with Gasteiger partial charge in [-0.15, -0.1) is 0 Å². The lowest BCUT2D eigenvalue weighted by Gasteiger charge is -2.33. The summed E-state index contributed by atoms with van der Waals surface area (Å²) in [5, 5.41) is 2.64. The number of anilines is 2. The summed E-state index contributed by atoms with van der Waals surface area (Å²) in [6.45, 7) is 5.50. The van der Waals surface area contributed by atoms with Crippen LogP contribution in [0.4, 0.5) is 11.4 Å². The monoisotopic (exact) mass is 539 g/mol. The van der Waals surface area contributed by atoms with Crippen LogP contribution in [0.3, 0.4) is 0 Å². The summed E-state index contributed by atoms with van der Waals surface area (Å²) in [4.78, 5) is 55.8. The van der Waals surface area contributed by atoms with Crippen LogP contribution in [0.25, 0.3) is 0 Å². The van der Waals surface area contributed by atoms with Gasteiger partial charge in [0.2, 0.25) is 0 Å². The average Bonchev–Trinajstić information content (AvgIpc) is 3.11. The van der Waals surface area contributed by atoms with E-state index in [1.807, 2.05) is 7.05 Å². The number of ether oxygens (including phenoxy) is 1. The predicted octanol–water partition coefficient (Wildman–Crippen LogP) is 2.44. The van der Waals surface area contributed by atoms with Crippen LogP contribution in [-0.4, -0.2) is 67.9 Å². The molecule has 2 aromatic carbocycles. The van der Waals surface area contributed by atoms with Gasteiger partial charge >= 0.3 is 5.97 Å². The number of rotatable bonds is 7. The summed E-state index contributed by atoms with van der Waals surface area (Å²) in [5.41, 5.74) is 1.20. The molecule has 2 N–H and O–H groups in total. The number of quaternary nitrogens is 1. The van der Waals surface area contributed by atoms with E-state index in [1.165, 1.54) is 17.0 Å². The van der Waals surface area contributed by atoms with Gasteiger partial charge in [-0.1, -0.05) is 23.7 Å². The van der Waals surface area contributed by atoms with Crippen LogP contribution in [0.15, 0.2) is 59.3 Å². The van der Waals surface area contributed by atoms with E-state index in [2.05, 4.69) is 12.4 Å². The van der Waals surface area contributed by atoms with Gasteiger partial charge in [0, 0.05) is 37.2 Å². The molecule has 200 valence electrons. The standard InChI is InChI=1S/C28H31ClN4O5/c1-17(2)38-28(37)19-8-6-10-22(16-19)33-26(35)23(29)24(27(33)36)30-20-9-5-7-18(15-20)25(34)32(4)21-11-13-31(3)14-12-21/h5-10,15-17,21,30H,11-14H2,1-4H3/p+1. The summed E-state index contributed by atoms with van der Waals surface area (Å²) < 4.78 is 5.21. The lowest BCUT2D eigenvalue weighted by Crippen LogP contribution is -3.10. The van der Waals surface area contributed by atoms with Gasteiger partial charge in [0.1, 0.15) is 10.7 Å². The van der Waals surface area contributed by atoms with Crippen molar-refractivity contribution in [1.82, 2.24) is 4.90 Å². The van der Waals surface area contributed by atoms with Crippen molar-refractivity contribution in [2.75, 3.05) is 37.4 Å². The SMILES string of the molecule is CC(C)OC(=O)c1cccc(N2C(=O)C(Cl)=C(Nc3cccc(C(=O)N(C)C4CC[NH+](C)CC4)c3)C2=O)c1. The molecule has 0 atom stereocenters. The first-order chi connectivity index (χ1) is 18.1. The number of amides is 3. The number of hydrogen-bond acceptors (Lipinski definition) is 6. The number of halogens is 1. The molecule has 3 amide bonds. The molecule has 2 aliphatic rings. The summed E-state index contributed by atoms with van der Waals surface area (Å²) in [7, 11) is 3.97. The Morgan fingerprint density at radius 3 is 2.39 bits per heavy atom. The number of benzene rings is 2. The van der Waals surface area contributed by atoms with Gasteiger partial charge in [-0.3, -0.25) is 14.4 Å². The molecule has 2 aliphatic heterocycles. The van der Waals surface area contributed by atoms with Crippen LogP contribution in [0.2, 0.25) is 0 Å². The maximum absolute atomic E-state index is 13.3. The molecule has 0 bridgehead atoms. The van der Waals surface area contributed by atoms with E-state index in [0.29, 0.717) is 11.3 Å². The topological polar surface area (TPSA) is 100 Å². The zero-order valence-electron chi connectivity index (χ0n) is 21.9. The number of nitrogens with zero attached hydrogens (tertiary/aromatic N) is 2. The van der Waals surface area contributed by atoms with E-state index in [-0.39, 0.29) is 40.0 Å². The molecule has 2 heterocycles. The molecule has 38 heavy (non-hydrogen) atoms. The van der Waals surface area contributed by atoms with E-state index >= 15 is 0 Å². The van der Waals surface area contributed by atoms with E-state index in [1.54, 1.807) is 55.1 Å². The molecule has 0 saturated carbocycles. The summed E-state index contributed by atoms with van der Waals surface area (Å²) in [5.74, 6) is -2.06. The molecule has 2 aromatic rings. The number of piperidine rings is 1. The van der Waals surface area contributed by atoms with Crippen molar-refractivity contribution in [2.45, 2.75) is 38.8 Å². The first kappa shape index (κ1) is 27.3. The first-order valence-electron chi connectivity index (χ1n) is 12.6. The van der Waals surface area contributed by atoms with E-state index in [9.17, 15) is 19.2 Å². The van der Waals surface area contributed by atoms with Gasteiger partial charge in [-0.2, -0.15) is 0 Å². The highest BCUT2D eigenvalue weighted by atomic mass is 35.5. The fourth-order valence-electron chi connectivity index (χ4n) is 4.63. The fraction of sp³-hybridized carbons (Fsp3) is 0.357. The smallest absolute Gasteiger partial charge is 0.338 e. The molecular weight excluding hydrogens is 508 g/mol. The minimum Gasteiger partial charge on any atom is -0.459 e. The zero-order valence-corrected chi connectivity index (χ0v) is 22.7. The van der Waals surface area contributed by atoms with Gasteiger partial charge in [0.15, 0.2) is 0 Å². The molecule has 0 spiro atoms. The van der Waals surface area contributed by atoms with Crippen molar-refractivity contribution < 1.29 is 28.8 Å². The first-order valence-corrected chi connectivity index (χ1v) is 13.0. The van der Waals surface area contributed by atoms with Crippen molar-refractivity contribution in [3.63, 3.8) is 0 Å². The predicted molar refractivity (Wildman–Crippen MR) is 144 cm³/mol. The third-order valence-corrected chi connectivity index (χ3v) is 7.12. The Kier molecular flexibility index (Phi) is 8.18. The number of imide groups is 1. The Balaban J connectivity index is 1.51. The Morgan fingerprint density at radius 1 is 1.05 bits per heavy atom. The Hall–Kier alpha value is -3.69. The molecule has 9 nitrogen and oxygen atoms in total. The van der Waals surface area contributed by atoms with Gasteiger partial charge in [0.05, 0.1) is 37.5 Å². The number of carbonyl (C=O) groups is 4. The summed E-state index contributed by atoms with van der Waals surface area (Å²) >= 11 is 6.29. The second-order valence-electron chi connectivity index (χ2n) is 9.95. The van der Waals surface area contributed by atoms with E-state index < -0.39 is 17.8 Å². The van der Waals surface area contributed by atoms with E-state index in [4.69, 9.17) is 16.3 Å². The Bertz CT molecular complexity index is 1300. The quantitative estimate of drug-likeness (QED) is 0.414. The highest BCUT2D eigenvalue weighted by molar-refractivity contribution is 6.53. The van der Waals surface area contributed by atoms with Crippen molar-refractivity contribution in [3.8, 4) is 0 Å². The molecule has 0 radical (unpaired) electrons. The molecular formula is C28H32ClN4O5+. The number of carbonyl (C=O) groups excluding carboxylic acids is 4. The normalized spacial score (nSPS) is 19.7. The molecule has 1 fully saturated rings. The molecule has 4 rings (SSSR count). The lowest BCUT2D eigenvalue weighted by molar-refractivity contribution is -0.885. The highest BCUT2D eigenvalue weighted by Gasteiger charge is 2.39. The second-order valence-corrected chi connectivity index (χ2v) is 10.3. The molecule has 0 aliphatic carbocycles. The van der Waals surface area contributed by atoms with Gasteiger partial charge in [-0.05, 0) is 50.2 Å². The van der Waals surface area contributed by atoms with Crippen LogP contribution in [0.5, 0.6) is 0 Å². The largest absolute Gasteiger partial charge is 0.459 e. The Morgan fingerprint density at radius 2 is 1.71 bits per heavy atom. The molecule has 0 unspecified atom stereocenters. The van der Waals surface area contributed by atoms with Crippen molar-refractivity contribution in [3.05, 3.63) is 70.4 Å². The number of hydrogen-bond donors (Lipinski definition) is 2. The molecule has 10 heteroatoms. The zero-order chi connectivity index (χ0) is 27.6. The van der Waals surface area contributed by atoms with Crippen molar-refractivity contribution in [1.29, 1.82) is 0 Å². The van der Waals surface area contributed by atoms with Gasteiger partial charge in [0.25, 0.3) is 17.7 Å². The van der Waals surface area contributed by atoms with Crippen LogP contribution >= 0.6 is 11.6 Å². The maximum Gasteiger partial charge on any atom is 0.338 e. The van der Waals surface area contributed by atoms with Crippen molar-refractivity contribution >= 4 is 46.7 Å². The van der Waals surface area contributed by atoms with Crippen LogP contribution in [0.1, 0.15) is 47.4 Å². The van der Waals surface area contributed by atoms with Crippen LogP contribution in [0, 0.1) is 0 Å². The van der Waals surface area contributed by atoms with Crippen LogP contribution in [-0.2, 0) is 14.3 Å². The fourth-order valence-corrected chi connectivity index (χ4v) is 4.84. The average molecular weight is 540 g/mol. The minimum atomic E-state index is -0.718. The highest BCUT2D eigenvalue weighted by Crippen LogP contribution is 2.31. The lowest BCUT2D eigenvalue weighted by atomic mass is 10.0. The van der Waals surface area contributed by atoms with E-state index in [0.717, 1.165) is 30.8 Å². The number of esters is 1. The third kappa shape index (κ3) is 5.74. The van der Waals surface area contributed by atoms with Gasteiger partial charge < -0.3 is 19.9 Å². The third-order valence-electron chi connectivity index (χ3n) is 6.77.